The monoisotopic (exact) mass is 275 g/mol. The van der Waals surface area contributed by atoms with Crippen molar-refractivity contribution in [2.75, 3.05) is 25.0 Å². The lowest BCUT2D eigenvalue weighted by molar-refractivity contribution is -0.119. The first-order valence-electron chi connectivity index (χ1n) is 7.41. The van der Waals surface area contributed by atoms with Crippen LogP contribution in [0.15, 0.2) is 24.3 Å². The summed E-state index contributed by atoms with van der Waals surface area (Å²) in [7, 11) is 0. The second-order valence-electron chi connectivity index (χ2n) is 5.96. The number of hydrogen-bond acceptors (Lipinski definition) is 3. The zero-order valence-corrected chi connectivity index (χ0v) is 12.4. The van der Waals surface area contributed by atoms with Gasteiger partial charge in [0.15, 0.2) is 0 Å². The summed E-state index contributed by atoms with van der Waals surface area (Å²) in [5.41, 5.74) is 7.77. The molecule has 1 heterocycles. The average molecular weight is 275 g/mol. The van der Waals surface area contributed by atoms with E-state index in [0.29, 0.717) is 18.5 Å². The summed E-state index contributed by atoms with van der Waals surface area (Å²) in [4.78, 5) is 13.1. The van der Waals surface area contributed by atoms with Crippen molar-refractivity contribution in [1.29, 1.82) is 0 Å². The summed E-state index contributed by atoms with van der Waals surface area (Å²) < 4.78 is 0. The number of primary amides is 1. The maximum absolute atomic E-state index is 11.0. The van der Waals surface area contributed by atoms with E-state index in [1.54, 1.807) is 0 Å². The zero-order valence-electron chi connectivity index (χ0n) is 12.4. The SMILES string of the molecule is CC(C)c1ccc(N[C@@H]2CCCN(CC(N)=O)C2)cc1. The van der Waals surface area contributed by atoms with Crippen LogP contribution in [0.25, 0.3) is 0 Å². The van der Waals surface area contributed by atoms with Gasteiger partial charge in [0.2, 0.25) is 5.91 Å². The van der Waals surface area contributed by atoms with Gasteiger partial charge in [0, 0.05) is 18.3 Å². The Bertz CT molecular complexity index is 442. The van der Waals surface area contributed by atoms with Crippen molar-refractivity contribution >= 4 is 11.6 Å². The van der Waals surface area contributed by atoms with Gasteiger partial charge in [-0.1, -0.05) is 26.0 Å². The topological polar surface area (TPSA) is 58.4 Å². The van der Waals surface area contributed by atoms with Crippen LogP contribution >= 0.6 is 0 Å². The molecule has 1 atom stereocenters. The quantitative estimate of drug-likeness (QED) is 0.866. The Hall–Kier alpha value is -1.55. The Morgan fingerprint density at radius 2 is 2.10 bits per heavy atom. The first-order chi connectivity index (χ1) is 9.54. The van der Waals surface area contributed by atoms with E-state index in [1.165, 1.54) is 5.56 Å². The van der Waals surface area contributed by atoms with Crippen molar-refractivity contribution in [2.45, 2.75) is 38.6 Å². The lowest BCUT2D eigenvalue weighted by atomic mass is 10.0. The molecular weight excluding hydrogens is 250 g/mol. The molecule has 0 bridgehead atoms. The summed E-state index contributed by atoms with van der Waals surface area (Å²) >= 11 is 0. The fourth-order valence-electron chi connectivity index (χ4n) is 2.74. The molecule has 4 nitrogen and oxygen atoms in total. The maximum atomic E-state index is 11.0. The number of amides is 1. The maximum Gasteiger partial charge on any atom is 0.231 e. The molecule has 1 aromatic rings. The lowest BCUT2D eigenvalue weighted by Gasteiger charge is -2.32. The van der Waals surface area contributed by atoms with Crippen molar-refractivity contribution in [3.05, 3.63) is 29.8 Å². The van der Waals surface area contributed by atoms with Gasteiger partial charge in [-0.25, -0.2) is 0 Å². The van der Waals surface area contributed by atoms with Crippen LogP contribution in [-0.4, -0.2) is 36.5 Å². The molecule has 3 N–H and O–H groups in total. The minimum absolute atomic E-state index is 0.244. The number of piperidine rings is 1. The number of nitrogens with two attached hydrogens (primary N) is 1. The third-order valence-corrected chi connectivity index (χ3v) is 3.83. The summed E-state index contributed by atoms with van der Waals surface area (Å²) in [5.74, 6) is 0.316. The van der Waals surface area contributed by atoms with Crippen molar-refractivity contribution in [3.8, 4) is 0 Å². The molecule has 0 saturated carbocycles. The van der Waals surface area contributed by atoms with E-state index in [1.807, 2.05) is 0 Å². The molecule has 1 amide bonds. The van der Waals surface area contributed by atoms with Gasteiger partial charge in [0.05, 0.1) is 6.54 Å². The smallest absolute Gasteiger partial charge is 0.231 e. The fourth-order valence-corrected chi connectivity index (χ4v) is 2.74. The normalized spacial score (nSPS) is 20.1. The Morgan fingerprint density at radius 1 is 1.40 bits per heavy atom. The van der Waals surface area contributed by atoms with Gasteiger partial charge in [0.1, 0.15) is 0 Å². The zero-order chi connectivity index (χ0) is 14.5. The summed E-state index contributed by atoms with van der Waals surface area (Å²) in [6, 6.07) is 9.03. The van der Waals surface area contributed by atoms with E-state index >= 15 is 0 Å². The molecule has 0 radical (unpaired) electrons. The van der Waals surface area contributed by atoms with Crippen LogP contribution in [0.3, 0.4) is 0 Å². The highest BCUT2D eigenvalue weighted by molar-refractivity contribution is 5.75. The molecule has 0 unspecified atom stereocenters. The van der Waals surface area contributed by atoms with E-state index in [0.717, 1.165) is 31.6 Å². The van der Waals surface area contributed by atoms with Gasteiger partial charge in [-0.2, -0.15) is 0 Å². The number of hydrogen-bond donors (Lipinski definition) is 2. The molecule has 4 heteroatoms. The number of likely N-dealkylation sites (tertiary alicyclic amines) is 1. The number of carbonyl (C=O) groups excluding carboxylic acids is 1. The number of rotatable bonds is 5. The molecule has 1 aliphatic heterocycles. The predicted molar refractivity (Wildman–Crippen MR) is 82.8 cm³/mol. The van der Waals surface area contributed by atoms with Crippen LogP contribution in [0.4, 0.5) is 5.69 Å². The largest absolute Gasteiger partial charge is 0.381 e. The van der Waals surface area contributed by atoms with Crippen LogP contribution in [0.1, 0.15) is 38.2 Å². The molecule has 1 aromatic carbocycles. The Balaban J connectivity index is 1.90. The van der Waals surface area contributed by atoms with Gasteiger partial charge in [-0.15, -0.1) is 0 Å². The van der Waals surface area contributed by atoms with E-state index in [2.05, 4.69) is 48.3 Å². The van der Waals surface area contributed by atoms with Gasteiger partial charge in [-0.3, -0.25) is 9.69 Å². The average Bonchev–Trinajstić information content (AvgIpc) is 2.39. The van der Waals surface area contributed by atoms with E-state index < -0.39 is 0 Å². The van der Waals surface area contributed by atoms with Crippen LogP contribution in [0.5, 0.6) is 0 Å². The first kappa shape index (κ1) is 14.9. The van der Waals surface area contributed by atoms with Crippen molar-refractivity contribution in [1.82, 2.24) is 4.90 Å². The van der Waals surface area contributed by atoms with Gasteiger partial charge in [0.25, 0.3) is 0 Å². The standard InChI is InChI=1S/C16H25N3O/c1-12(2)13-5-7-14(8-6-13)18-15-4-3-9-19(10-15)11-16(17)20/h5-8,12,15,18H,3-4,9-11H2,1-2H3,(H2,17,20)/t15-/m1/s1. The molecule has 20 heavy (non-hydrogen) atoms. The van der Waals surface area contributed by atoms with Gasteiger partial charge >= 0.3 is 0 Å². The minimum atomic E-state index is -0.244. The number of nitrogens with one attached hydrogen (secondary N) is 1. The van der Waals surface area contributed by atoms with Crippen molar-refractivity contribution in [3.63, 3.8) is 0 Å². The third kappa shape index (κ3) is 4.23. The third-order valence-electron chi connectivity index (χ3n) is 3.83. The highest BCUT2D eigenvalue weighted by Crippen LogP contribution is 2.19. The molecular formula is C16H25N3O. The second-order valence-corrected chi connectivity index (χ2v) is 5.96. The molecule has 2 rings (SSSR count). The molecule has 1 saturated heterocycles. The molecule has 0 aromatic heterocycles. The second kappa shape index (κ2) is 6.75. The Morgan fingerprint density at radius 3 is 2.70 bits per heavy atom. The molecule has 0 aliphatic carbocycles. The van der Waals surface area contributed by atoms with Crippen molar-refractivity contribution < 1.29 is 4.79 Å². The summed E-state index contributed by atoms with van der Waals surface area (Å²) in [6.07, 6.45) is 2.25. The highest BCUT2D eigenvalue weighted by Gasteiger charge is 2.20. The van der Waals surface area contributed by atoms with Gasteiger partial charge < -0.3 is 11.1 Å². The molecule has 0 spiro atoms. The Kier molecular flexibility index (Phi) is 5.01. The van der Waals surface area contributed by atoms with Crippen LogP contribution in [0, 0.1) is 0 Å². The molecule has 1 aliphatic rings. The predicted octanol–water partition coefficient (Wildman–Crippen LogP) is 2.17. The number of carbonyl (C=O) groups is 1. The lowest BCUT2D eigenvalue weighted by Crippen LogP contribution is -2.45. The minimum Gasteiger partial charge on any atom is -0.381 e. The molecule has 110 valence electrons. The summed E-state index contributed by atoms with van der Waals surface area (Å²) in [5, 5.41) is 3.56. The Labute approximate surface area is 121 Å². The van der Waals surface area contributed by atoms with E-state index in [-0.39, 0.29) is 5.91 Å². The van der Waals surface area contributed by atoms with E-state index in [4.69, 9.17) is 5.73 Å². The van der Waals surface area contributed by atoms with Crippen LogP contribution in [-0.2, 0) is 4.79 Å². The van der Waals surface area contributed by atoms with Crippen molar-refractivity contribution in [2.24, 2.45) is 5.73 Å². The highest BCUT2D eigenvalue weighted by atomic mass is 16.1. The van der Waals surface area contributed by atoms with Crippen LogP contribution in [0.2, 0.25) is 0 Å². The number of anilines is 1. The summed E-state index contributed by atoms with van der Waals surface area (Å²) in [6.45, 7) is 6.61. The fraction of sp³-hybridized carbons (Fsp3) is 0.562. The number of benzene rings is 1. The number of nitrogens with zero attached hydrogens (tertiary/aromatic N) is 1. The van der Waals surface area contributed by atoms with Crippen LogP contribution < -0.4 is 11.1 Å². The molecule has 1 fully saturated rings. The first-order valence-corrected chi connectivity index (χ1v) is 7.41. The van der Waals surface area contributed by atoms with E-state index in [9.17, 15) is 4.79 Å². The van der Waals surface area contributed by atoms with Gasteiger partial charge in [-0.05, 0) is 43.0 Å².